The minimum atomic E-state index is -0.0135. The predicted octanol–water partition coefficient (Wildman–Crippen LogP) is 5.52. The van der Waals surface area contributed by atoms with Crippen LogP contribution in [0.2, 0.25) is 0 Å². The third-order valence-corrected chi connectivity index (χ3v) is 4.71. The highest BCUT2D eigenvalue weighted by atomic mass is 16.5. The van der Waals surface area contributed by atoms with Crippen molar-refractivity contribution in [3.8, 4) is 28.2 Å². The number of hydrogen-bond donors (Lipinski definition) is 0. The van der Waals surface area contributed by atoms with Crippen molar-refractivity contribution < 1.29 is 9.15 Å². The minimum absolute atomic E-state index is 0.0135. The molecule has 0 fully saturated rings. The second-order valence-corrected chi connectivity index (χ2v) is 6.79. The third kappa shape index (κ3) is 3.04. The van der Waals surface area contributed by atoms with E-state index in [2.05, 4.69) is 0 Å². The molecule has 0 N–H and O–H groups in total. The molecule has 0 bridgehead atoms. The summed E-state index contributed by atoms with van der Waals surface area (Å²) in [4.78, 5) is 12.2. The zero-order valence-corrected chi connectivity index (χ0v) is 15.6. The van der Waals surface area contributed by atoms with Crippen LogP contribution in [0.3, 0.4) is 0 Å². The maximum atomic E-state index is 12.2. The molecule has 4 heteroatoms. The number of nitrogens with zero attached hydrogens (tertiary/aromatic N) is 1. The van der Waals surface area contributed by atoms with Crippen LogP contribution in [0.25, 0.3) is 33.4 Å². The molecule has 2 aromatic heterocycles. The van der Waals surface area contributed by atoms with Crippen LogP contribution in [0, 0.1) is 0 Å². The van der Waals surface area contributed by atoms with E-state index in [0.717, 1.165) is 39.2 Å². The lowest BCUT2D eigenvalue weighted by molar-refractivity contribution is 0.415. The number of aromatic nitrogens is 1. The maximum absolute atomic E-state index is 12.2. The molecular weight excluding hydrogens is 338 g/mol. The van der Waals surface area contributed by atoms with Gasteiger partial charge in [-0.3, -0.25) is 4.79 Å². The smallest absolute Gasteiger partial charge is 0.250 e. The van der Waals surface area contributed by atoms with Gasteiger partial charge in [-0.15, -0.1) is 0 Å². The van der Waals surface area contributed by atoms with E-state index < -0.39 is 0 Å². The van der Waals surface area contributed by atoms with E-state index >= 15 is 0 Å². The lowest BCUT2D eigenvalue weighted by atomic mass is 9.99. The second kappa shape index (κ2) is 6.80. The molecule has 4 aromatic rings. The van der Waals surface area contributed by atoms with Crippen molar-refractivity contribution >= 4 is 11.0 Å². The van der Waals surface area contributed by atoms with Crippen molar-refractivity contribution in [3.63, 3.8) is 0 Å². The Morgan fingerprint density at radius 3 is 2.44 bits per heavy atom. The molecule has 136 valence electrons. The van der Waals surface area contributed by atoms with Crippen LogP contribution in [-0.4, -0.2) is 11.7 Å². The summed E-state index contributed by atoms with van der Waals surface area (Å²) in [6.07, 6.45) is 1.91. The number of methoxy groups -OCH3 is 1. The maximum Gasteiger partial charge on any atom is 0.250 e. The van der Waals surface area contributed by atoms with Crippen molar-refractivity contribution in [1.29, 1.82) is 0 Å². The Labute approximate surface area is 157 Å². The zero-order chi connectivity index (χ0) is 19.0. The predicted molar refractivity (Wildman–Crippen MR) is 108 cm³/mol. The van der Waals surface area contributed by atoms with Crippen molar-refractivity contribution in [2.24, 2.45) is 0 Å². The molecule has 0 amide bonds. The van der Waals surface area contributed by atoms with Crippen LogP contribution in [0.5, 0.6) is 5.75 Å². The number of fused-ring (bicyclic) bond motifs is 1. The summed E-state index contributed by atoms with van der Waals surface area (Å²) in [7, 11) is 1.65. The fraction of sp³-hybridized carbons (Fsp3) is 0.174. The van der Waals surface area contributed by atoms with Crippen molar-refractivity contribution in [2.45, 2.75) is 19.9 Å². The first-order valence-corrected chi connectivity index (χ1v) is 8.97. The molecule has 0 aliphatic rings. The van der Waals surface area contributed by atoms with Gasteiger partial charge in [-0.25, -0.2) is 0 Å². The Kier molecular flexibility index (Phi) is 4.32. The molecule has 0 atom stereocenters. The van der Waals surface area contributed by atoms with Crippen LogP contribution >= 0.6 is 0 Å². The fourth-order valence-electron chi connectivity index (χ4n) is 3.34. The van der Waals surface area contributed by atoms with Gasteiger partial charge in [0.05, 0.1) is 7.11 Å². The average molecular weight is 359 g/mol. The molecule has 4 nitrogen and oxygen atoms in total. The largest absolute Gasteiger partial charge is 0.497 e. The molecule has 2 heterocycles. The van der Waals surface area contributed by atoms with E-state index in [1.165, 1.54) is 0 Å². The molecule has 0 aliphatic carbocycles. The topological polar surface area (TPSA) is 44.4 Å². The summed E-state index contributed by atoms with van der Waals surface area (Å²) in [6.45, 7) is 4.00. The van der Waals surface area contributed by atoms with Crippen LogP contribution in [0.4, 0.5) is 0 Å². The average Bonchev–Trinajstić information content (AvgIpc) is 3.07. The van der Waals surface area contributed by atoms with E-state index in [0.29, 0.717) is 0 Å². The van der Waals surface area contributed by atoms with Gasteiger partial charge in [-0.1, -0.05) is 30.3 Å². The van der Waals surface area contributed by atoms with E-state index in [-0.39, 0.29) is 11.6 Å². The molecular formula is C23H21NO3. The summed E-state index contributed by atoms with van der Waals surface area (Å²) in [6, 6.07) is 19.3. The van der Waals surface area contributed by atoms with Gasteiger partial charge in [-0.2, -0.15) is 0 Å². The summed E-state index contributed by atoms with van der Waals surface area (Å²) in [5, 5.41) is 0.960. The Morgan fingerprint density at radius 1 is 0.963 bits per heavy atom. The normalized spacial score (nSPS) is 11.3. The van der Waals surface area contributed by atoms with Gasteiger partial charge in [0.2, 0.25) is 0 Å². The van der Waals surface area contributed by atoms with Gasteiger partial charge in [0.1, 0.15) is 17.1 Å². The quantitative estimate of drug-likeness (QED) is 0.482. The van der Waals surface area contributed by atoms with E-state index in [1.807, 2.05) is 74.6 Å². The molecule has 0 aliphatic heterocycles. The summed E-state index contributed by atoms with van der Waals surface area (Å²) in [5.74, 6) is 1.55. The van der Waals surface area contributed by atoms with Crippen molar-refractivity contribution in [2.75, 3.05) is 7.11 Å². The lowest BCUT2D eigenvalue weighted by Gasteiger charge is -2.12. The molecule has 0 saturated carbocycles. The molecule has 0 unspecified atom stereocenters. The van der Waals surface area contributed by atoms with Crippen LogP contribution in [0.15, 0.2) is 76.1 Å². The molecule has 0 radical (unpaired) electrons. The Hall–Kier alpha value is -3.27. The SMILES string of the molecule is COc1ccc2oc(-c3ccccc3)c(-c3ccc(=O)n(C(C)C)c3)c2c1. The number of hydrogen-bond acceptors (Lipinski definition) is 3. The Bertz CT molecular complexity index is 1150. The Morgan fingerprint density at radius 2 is 1.74 bits per heavy atom. The summed E-state index contributed by atoms with van der Waals surface area (Å²) < 4.78 is 13.4. The Balaban J connectivity index is 2.05. The number of ether oxygens (including phenoxy) is 1. The molecule has 27 heavy (non-hydrogen) atoms. The zero-order valence-electron chi connectivity index (χ0n) is 15.6. The fourth-order valence-corrected chi connectivity index (χ4v) is 3.34. The standard InChI is InChI=1S/C23H21NO3/c1-15(2)24-14-17(9-12-21(24)25)22-19-13-18(26-3)10-11-20(19)27-23(22)16-7-5-4-6-8-16/h4-15H,1-3H3. The minimum Gasteiger partial charge on any atom is -0.497 e. The molecule has 2 aromatic carbocycles. The first kappa shape index (κ1) is 17.2. The highest BCUT2D eigenvalue weighted by Crippen LogP contribution is 2.41. The molecule has 0 saturated heterocycles. The first-order valence-electron chi connectivity index (χ1n) is 8.97. The second-order valence-electron chi connectivity index (χ2n) is 6.79. The van der Waals surface area contributed by atoms with Gasteiger partial charge in [-0.05, 0) is 38.1 Å². The first-order chi connectivity index (χ1) is 13.1. The van der Waals surface area contributed by atoms with Gasteiger partial charge >= 0.3 is 0 Å². The summed E-state index contributed by atoms with van der Waals surface area (Å²) >= 11 is 0. The molecule has 4 rings (SSSR count). The lowest BCUT2D eigenvalue weighted by Crippen LogP contribution is -2.20. The van der Waals surface area contributed by atoms with Gasteiger partial charge < -0.3 is 13.7 Å². The van der Waals surface area contributed by atoms with Crippen LogP contribution in [0.1, 0.15) is 19.9 Å². The molecule has 0 spiro atoms. The van der Waals surface area contributed by atoms with Gasteiger partial charge in [0, 0.05) is 40.4 Å². The van der Waals surface area contributed by atoms with Crippen LogP contribution in [-0.2, 0) is 0 Å². The number of benzene rings is 2. The number of furan rings is 1. The van der Waals surface area contributed by atoms with Gasteiger partial charge in [0.25, 0.3) is 5.56 Å². The third-order valence-electron chi connectivity index (χ3n) is 4.71. The van der Waals surface area contributed by atoms with Gasteiger partial charge in [0.15, 0.2) is 0 Å². The number of pyridine rings is 1. The van der Waals surface area contributed by atoms with E-state index in [9.17, 15) is 4.79 Å². The summed E-state index contributed by atoms with van der Waals surface area (Å²) in [5.41, 5.74) is 3.66. The highest BCUT2D eigenvalue weighted by Gasteiger charge is 2.19. The van der Waals surface area contributed by atoms with Crippen molar-refractivity contribution in [1.82, 2.24) is 4.57 Å². The van der Waals surface area contributed by atoms with E-state index in [1.54, 1.807) is 17.7 Å². The highest BCUT2D eigenvalue weighted by molar-refractivity contribution is 6.02. The monoisotopic (exact) mass is 359 g/mol. The number of rotatable bonds is 4. The van der Waals surface area contributed by atoms with Crippen LogP contribution < -0.4 is 10.3 Å². The van der Waals surface area contributed by atoms with Crippen molar-refractivity contribution in [3.05, 3.63) is 77.2 Å². The van der Waals surface area contributed by atoms with E-state index in [4.69, 9.17) is 9.15 Å².